The Morgan fingerprint density at radius 2 is 2.08 bits per heavy atom. The van der Waals surface area contributed by atoms with Gasteiger partial charge in [0.25, 0.3) is 0 Å². The lowest BCUT2D eigenvalue weighted by Gasteiger charge is -2.01. The number of nitrogens with two attached hydrogens (primary N) is 1. The maximum Gasteiger partial charge on any atom is 0.163 e. The van der Waals surface area contributed by atoms with Crippen LogP contribution in [0.4, 0.5) is 5.69 Å². The van der Waals surface area contributed by atoms with E-state index in [1.54, 1.807) is 12.1 Å². The Hall–Kier alpha value is -1.03. The fourth-order valence-corrected chi connectivity index (χ4v) is 0.845. The van der Waals surface area contributed by atoms with E-state index in [9.17, 15) is 9.90 Å². The van der Waals surface area contributed by atoms with Gasteiger partial charge in [-0.2, -0.15) is 0 Å². The molecule has 12 heavy (non-hydrogen) atoms. The molecule has 0 bridgehead atoms. The fraction of sp³-hybridized carbons (Fsp3) is 0.125. The largest absolute Gasteiger partial charge is 0.505 e. The number of hydrogen-bond donors (Lipinski definition) is 2. The van der Waals surface area contributed by atoms with Gasteiger partial charge in [0.2, 0.25) is 0 Å². The van der Waals surface area contributed by atoms with E-state index in [0.29, 0.717) is 0 Å². The summed E-state index contributed by atoms with van der Waals surface area (Å²) in [5.41, 5.74) is 5.86. The molecule has 0 fully saturated rings. The van der Waals surface area contributed by atoms with E-state index in [1.165, 1.54) is 13.0 Å². The summed E-state index contributed by atoms with van der Waals surface area (Å²) in [6.07, 6.45) is 0. The SMILES string of the molecule is Br.CC(=O)c1cccc(N)c1O. The molecule has 3 nitrogen and oxygen atoms in total. The van der Waals surface area contributed by atoms with Gasteiger partial charge in [-0.25, -0.2) is 0 Å². The number of benzene rings is 1. The summed E-state index contributed by atoms with van der Waals surface area (Å²) in [5, 5.41) is 9.22. The van der Waals surface area contributed by atoms with Crippen LogP contribution in [0.1, 0.15) is 17.3 Å². The van der Waals surface area contributed by atoms with Gasteiger partial charge in [0.1, 0.15) is 5.75 Å². The Morgan fingerprint density at radius 3 is 2.50 bits per heavy atom. The lowest BCUT2D eigenvalue weighted by atomic mass is 10.1. The maximum absolute atomic E-state index is 10.8. The molecule has 0 saturated heterocycles. The van der Waals surface area contributed by atoms with Crippen molar-refractivity contribution in [1.29, 1.82) is 0 Å². The normalized spacial score (nSPS) is 8.75. The van der Waals surface area contributed by atoms with Gasteiger partial charge in [0, 0.05) is 0 Å². The number of halogens is 1. The van der Waals surface area contributed by atoms with Crippen molar-refractivity contribution in [2.24, 2.45) is 0 Å². The highest BCUT2D eigenvalue weighted by Gasteiger charge is 2.06. The van der Waals surface area contributed by atoms with Crippen molar-refractivity contribution in [3.8, 4) is 5.75 Å². The molecule has 0 aliphatic heterocycles. The number of carbonyl (C=O) groups is 1. The predicted octanol–water partition coefficient (Wildman–Crippen LogP) is 1.75. The number of Topliss-reactive ketones (excluding diaryl/α,β-unsaturated/α-hetero) is 1. The van der Waals surface area contributed by atoms with Gasteiger partial charge < -0.3 is 10.8 Å². The number of phenols is 1. The monoisotopic (exact) mass is 231 g/mol. The zero-order valence-corrected chi connectivity index (χ0v) is 8.29. The molecule has 3 N–H and O–H groups in total. The van der Waals surface area contributed by atoms with Crippen LogP contribution in [0.3, 0.4) is 0 Å². The van der Waals surface area contributed by atoms with Crippen molar-refractivity contribution in [3.05, 3.63) is 23.8 Å². The number of nitrogen functional groups attached to an aromatic ring is 1. The van der Waals surface area contributed by atoms with E-state index in [-0.39, 0.29) is 39.8 Å². The molecule has 4 heteroatoms. The van der Waals surface area contributed by atoms with Crippen LogP contribution in [-0.4, -0.2) is 10.9 Å². The minimum absolute atomic E-state index is 0. The highest BCUT2D eigenvalue weighted by Crippen LogP contribution is 2.24. The van der Waals surface area contributed by atoms with Crippen LogP contribution in [0.5, 0.6) is 5.75 Å². The summed E-state index contributed by atoms with van der Waals surface area (Å²) >= 11 is 0. The first-order valence-electron chi connectivity index (χ1n) is 3.21. The molecule has 0 radical (unpaired) electrons. The molecule has 0 aliphatic carbocycles. The van der Waals surface area contributed by atoms with Crippen molar-refractivity contribution >= 4 is 28.5 Å². The highest BCUT2D eigenvalue weighted by atomic mass is 79.9. The molecular weight excluding hydrogens is 222 g/mol. The average Bonchev–Trinajstić information content (AvgIpc) is 1.94. The third kappa shape index (κ3) is 1.98. The van der Waals surface area contributed by atoms with E-state index in [2.05, 4.69) is 0 Å². The maximum atomic E-state index is 10.8. The quantitative estimate of drug-likeness (QED) is 0.440. The number of aromatic hydroxyl groups is 1. The van der Waals surface area contributed by atoms with Crippen LogP contribution in [0.2, 0.25) is 0 Å². The van der Waals surface area contributed by atoms with Crippen molar-refractivity contribution in [3.63, 3.8) is 0 Å². The Bertz CT molecular complexity index is 299. The summed E-state index contributed by atoms with van der Waals surface area (Å²) in [5.74, 6) is -0.310. The summed E-state index contributed by atoms with van der Waals surface area (Å²) in [4.78, 5) is 10.8. The first-order chi connectivity index (χ1) is 5.13. The first kappa shape index (κ1) is 11.0. The van der Waals surface area contributed by atoms with Crippen LogP contribution < -0.4 is 5.73 Å². The molecule has 1 rings (SSSR count). The first-order valence-corrected chi connectivity index (χ1v) is 3.21. The van der Waals surface area contributed by atoms with Crippen molar-refractivity contribution < 1.29 is 9.90 Å². The lowest BCUT2D eigenvalue weighted by Crippen LogP contribution is -1.95. The predicted molar refractivity (Wildman–Crippen MR) is 52.8 cm³/mol. The topological polar surface area (TPSA) is 63.3 Å². The van der Waals surface area contributed by atoms with Crippen LogP contribution in [0.25, 0.3) is 0 Å². The van der Waals surface area contributed by atoms with Crippen molar-refractivity contribution in [1.82, 2.24) is 0 Å². The number of carbonyl (C=O) groups excluding carboxylic acids is 1. The zero-order chi connectivity index (χ0) is 8.43. The summed E-state index contributed by atoms with van der Waals surface area (Å²) in [7, 11) is 0. The molecule has 1 aromatic carbocycles. The number of para-hydroxylation sites is 1. The molecule has 0 atom stereocenters. The minimum Gasteiger partial charge on any atom is -0.505 e. The molecule has 0 aliphatic rings. The van der Waals surface area contributed by atoms with E-state index in [0.717, 1.165) is 0 Å². The van der Waals surface area contributed by atoms with Gasteiger partial charge >= 0.3 is 0 Å². The van der Waals surface area contributed by atoms with Gasteiger partial charge in [0.05, 0.1) is 11.3 Å². The van der Waals surface area contributed by atoms with Crippen molar-refractivity contribution in [2.45, 2.75) is 6.92 Å². The Labute approximate surface area is 81.0 Å². The molecule has 0 spiro atoms. The summed E-state index contributed by atoms with van der Waals surface area (Å²) in [6, 6.07) is 4.71. The smallest absolute Gasteiger partial charge is 0.163 e. The van der Waals surface area contributed by atoms with Crippen LogP contribution >= 0.6 is 17.0 Å². The molecular formula is C8H10BrNO2. The average molecular weight is 232 g/mol. The van der Waals surface area contributed by atoms with Gasteiger partial charge in [-0.3, -0.25) is 4.79 Å². The number of rotatable bonds is 1. The second kappa shape index (κ2) is 4.11. The molecule has 0 heterocycles. The van der Waals surface area contributed by atoms with Gasteiger partial charge in [-0.1, -0.05) is 6.07 Å². The van der Waals surface area contributed by atoms with E-state index < -0.39 is 0 Å². The second-order valence-corrected chi connectivity index (χ2v) is 2.30. The molecule has 1 aromatic rings. The third-order valence-electron chi connectivity index (χ3n) is 1.45. The van der Waals surface area contributed by atoms with Crippen LogP contribution in [0, 0.1) is 0 Å². The summed E-state index contributed by atoms with van der Waals surface area (Å²) < 4.78 is 0. The van der Waals surface area contributed by atoms with Gasteiger partial charge in [-0.15, -0.1) is 17.0 Å². The third-order valence-corrected chi connectivity index (χ3v) is 1.45. The Balaban J connectivity index is 0.00000121. The van der Waals surface area contributed by atoms with E-state index in [1.807, 2.05) is 0 Å². The Morgan fingerprint density at radius 1 is 1.50 bits per heavy atom. The number of hydrogen-bond acceptors (Lipinski definition) is 3. The minimum atomic E-state index is -0.185. The van der Waals surface area contributed by atoms with Gasteiger partial charge in [-0.05, 0) is 19.1 Å². The Kier molecular flexibility index (Phi) is 3.76. The number of ketones is 1. The summed E-state index contributed by atoms with van der Waals surface area (Å²) in [6.45, 7) is 1.38. The van der Waals surface area contributed by atoms with E-state index in [4.69, 9.17) is 5.73 Å². The van der Waals surface area contributed by atoms with Crippen LogP contribution in [-0.2, 0) is 0 Å². The van der Waals surface area contributed by atoms with E-state index >= 15 is 0 Å². The highest BCUT2D eigenvalue weighted by molar-refractivity contribution is 8.93. The van der Waals surface area contributed by atoms with Gasteiger partial charge in [0.15, 0.2) is 5.78 Å². The number of phenolic OH excluding ortho intramolecular Hbond substituents is 1. The molecule has 66 valence electrons. The number of anilines is 1. The molecule has 0 saturated carbocycles. The molecule has 0 amide bonds. The second-order valence-electron chi connectivity index (χ2n) is 2.30. The zero-order valence-electron chi connectivity index (χ0n) is 6.57. The standard InChI is InChI=1S/C8H9NO2.BrH/c1-5(10)6-3-2-4-7(9)8(6)11;/h2-4,11H,9H2,1H3;1H. The fourth-order valence-electron chi connectivity index (χ4n) is 0.845. The lowest BCUT2D eigenvalue weighted by molar-refractivity contribution is 0.101. The molecule has 0 aromatic heterocycles. The van der Waals surface area contributed by atoms with Crippen LogP contribution in [0.15, 0.2) is 18.2 Å². The van der Waals surface area contributed by atoms with Crippen molar-refractivity contribution in [2.75, 3.05) is 5.73 Å². The molecule has 0 unspecified atom stereocenters.